The number of aryl methyl sites for hydroxylation is 1. The number of hydrogen-bond donors (Lipinski definition) is 2. The predicted octanol–water partition coefficient (Wildman–Crippen LogP) is 1.76. The molecule has 1 heterocycles. The SMILES string of the molecule is CNCc1cccn1CCCCCCO. The van der Waals surface area contributed by atoms with Crippen LogP contribution in [0.4, 0.5) is 0 Å². The van der Waals surface area contributed by atoms with Crippen LogP contribution in [0.2, 0.25) is 0 Å². The lowest BCUT2D eigenvalue weighted by Crippen LogP contribution is -2.10. The Bertz CT molecular complexity index is 258. The summed E-state index contributed by atoms with van der Waals surface area (Å²) in [5.41, 5.74) is 1.35. The van der Waals surface area contributed by atoms with Gasteiger partial charge < -0.3 is 15.0 Å². The van der Waals surface area contributed by atoms with Gasteiger partial charge in [0.1, 0.15) is 0 Å². The van der Waals surface area contributed by atoms with Gasteiger partial charge in [-0.15, -0.1) is 0 Å². The van der Waals surface area contributed by atoms with Crippen molar-refractivity contribution in [3.05, 3.63) is 24.0 Å². The topological polar surface area (TPSA) is 37.2 Å². The molecule has 2 N–H and O–H groups in total. The average molecular weight is 210 g/mol. The predicted molar refractivity (Wildman–Crippen MR) is 62.7 cm³/mol. The number of nitrogens with zero attached hydrogens (tertiary/aromatic N) is 1. The van der Waals surface area contributed by atoms with Gasteiger partial charge in [0.25, 0.3) is 0 Å². The van der Waals surface area contributed by atoms with E-state index in [2.05, 4.69) is 28.2 Å². The van der Waals surface area contributed by atoms with Crippen LogP contribution in [0, 0.1) is 0 Å². The van der Waals surface area contributed by atoms with Gasteiger partial charge in [-0.2, -0.15) is 0 Å². The van der Waals surface area contributed by atoms with Crippen LogP contribution in [0.25, 0.3) is 0 Å². The second kappa shape index (κ2) is 7.49. The summed E-state index contributed by atoms with van der Waals surface area (Å²) in [5.74, 6) is 0. The molecule has 1 rings (SSSR count). The molecule has 0 aliphatic carbocycles. The molecule has 15 heavy (non-hydrogen) atoms. The van der Waals surface area contributed by atoms with Crippen molar-refractivity contribution in [2.45, 2.75) is 38.8 Å². The van der Waals surface area contributed by atoms with Crippen molar-refractivity contribution in [2.75, 3.05) is 13.7 Å². The lowest BCUT2D eigenvalue weighted by molar-refractivity contribution is 0.282. The quantitative estimate of drug-likeness (QED) is 0.642. The highest BCUT2D eigenvalue weighted by Gasteiger charge is 1.98. The van der Waals surface area contributed by atoms with Crippen LogP contribution in [0.5, 0.6) is 0 Å². The Morgan fingerprint density at radius 1 is 1.27 bits per heavy atom. The van der Waals surface area contributed by atoms with Gasteiger partial charge in [-0.1, -0.05) is 12.8 Å². The largest absolute Gasteiger partial charge is 0.396 e. The summed E-state index contributed by atoms with van der Waals surface area (Å²) in [6.45, 7) is 2.35. The molecule has 0 unspecified atom stereocenters. The molecular formula is C12H22N2O. The maximum atomic E-state index is 8.65. The van der Waals surface area contributed by atoms with Gasteiger partial charge in [-0.05, 0) is 32.0 Å². The zero-order valence-corrected chi connectivity index (χ0v) is 9.58. The fourth-order valence-corrected chi connectivity index (χ4v) is 1.76. The van der Waals surface area contributed by atoms with E-state index in [1.54, 1.807) is 0 Å². The maximum absolute atomic E-state index is 8.65. The van der Waals surface area contributed by atoms with Gasteiger partial charge in [0.15, 0.2) is 0 Å². The molecule has 0 aliphatic heterocycles. The minimum Gasteiger partial charge on any atom is -0.396 e. The van der Waals surface area contributed by atoms with Gasteiger partial charge >= 0.3 is 0 Å². The van der Waals surface area contributed by atoms with Crippen LogP contribution in [0.3, 0.4) is 0 Å². The molecule has 86 valence electrons. The minimum atomic E-state index is 0.328. The molecule has 0 fully saturated rings. The fraction of sp³-hybridized carbons (Fsp3) is 0.667. The molecule has 0 saturated heterocycles. The number of aromatic nitrogens is 1. The van der Waals surface area contributed by atoms with E-state index in [4.69, 9.17) is 5.11 Å². The molecule has 0 bridgehead atoms. The van der Waals surface area contributed by atoms with Crippen molar-refractivity contribution in [2.24, 2.45) is 0 Å². The Morgan fingerprint density at radius 3 is 2.80 bits per heavy atom. The maximum Gasteiger partial charge on any atom is 0.0431 e. The molecule has 1 aromatic rings. The first-order valence-electron chi connectivity index (χ1n) is 5.78. The van der Waals surface area contributed by atoms with Crippen LogP contribution < -0.4 is 5.32 Å². The van der Waals surface area contributed by atoms with Gasteiger partial charge in [0.2, 0.25) is 0 Å². The molecule has 0 radical (unpaired) electrons. The van der Waals surface area contributed by atoms with Crippen molar-refractivity contribution in [1.29, 1.82) is 0 Å². The lowest BCUT2D eigenvalue weighted by Gasteiger charge is -2.08. The summed E-state index contributed by atoms with van der Waals surface area (Å²) in [6, 6.07) is 4.25. The van der Waals surface area contributed by atoms with Crippen LogP contribution >= 0.6 is 0 Å². The Hall–Kier alpha value is -0.800. The van der Waals surface area contributed by atoms with E-state index in [0.717, 1.165) is 25.9 Å². The average Bonchev–Trinajstić information content (AvgIpc) is 2.66. The normalized spacial score (nSPS) is 10.8. The van der Waals surface area contributed by atoms with Crippen LogP contribution in [-0.4, -0.2) is 23.3 Å². The summed E-state index contributed by atoms with van der Waals surface area (Å²) in [6.07, 6.45) is 6.62. The number of hydrogen-bond acceptors (Lipinski definition) is 2. The third-order valence-electron chi connectivity index (χ3n) is 2.59. The van der Waals surface area contributed by atoms with Gasteiger partial charge in [-0.25, -0.2) is 0 Å². The van der Waals surface area contributed by atoms with E-state index in [-0.39, 0.29) is 0 Å². The highest BCUT2D eigenvalue weighted by atomic mass is 16.2. The van der Waals surface area contributed by atoms with E-state index < -0.39 is 0 Å². The fourth-order valence-electron chi connectivity index (χ4n) is 1.76. The standard InChI is InChI=1S/C12H22N2O/c1-13-11-12-7-6-9-14(12)8-4-2-3-5-10-15/h6-7,9,13,15H,2-5,8,10-11H2,1H3. The number of aliphatic hydroxyl groups excluding tert-OH is 1. The van der Waals surface area contributed by atoms with E-state index in [1.807, 2.05) is 7.05 Å². The number of rotatable bonds is 8. The summed E-state index contributed by atoms with van der Waals surface area (Å²) >= 11 is 0. The zero-order chi connectivity index (χ0) is 10.9. The monoisotopic (exact) mass is 210 g/mol. The van der Waals surface area contributed by atoms with Crippen LogP contribution in [0.1, 0.15) is 31.4 Å². The van der Waals surface area contributed by atoms with E-state index in [0.29, 0.717) is 6.61 Å². The second-order valence-electron chi connectivity index (χ2n) is 3.86. The molecule has 3 nitrogen and oxygen atoms in total. The Balaban J connectivity index is 2.21. The summed E-state index contributed by atoms with van der Waals surface area (Å²) in [7, 11) is 1.97. The lowest BCUT2D eigenvalue weighted by atomic mass is 10.2. The van der Waals surface area contributed by atoms with Gasteiger partial charge in [0.05, 0.1) is 0 Å². The van der Waals surface area contributed by atoms with Crippen molar-refractivity contribution in [1.82, 2.24) is 9.88 Å². The molecule has 1 aromatic heterocycles. The van der Waals surface area contributed by atoms with E-state index in [9.17, 15) is 0 Å². The summed E-state index contributed by atoms with van der Waals surface area (Å²) in [5, 5.41) is 11.8. The van der Waals surface area contributed by atoms with E-state index >= 15 is 0 Å². The van der Waals surface area contributed by atoms with Crippen LogP contribution in [0.15, 0.2) is 18.3 Å². The molecule has 0 aliphatic rings. The van der Waals surface area contributed by atoms with Crippen LogP contribution in [-0.2, 0) is 13.1 Å². The summed E-state index contributed by atoms with van der Waals surface area (Å²) < 4.78 is 2.30. The van der Waals surface area contributed by atoms with Crippen molar-refractivity contribution < 1.29 is 5.11 Å². The molecule has 3 heteroatoms. The third-order valence-corrected chi connectivity index (χ3v) is 2.59. The van der Waals surface area contributed by atoms with Gasteiger partial charge in [-0.3, -0.25) is 0 Å². The Labute approximate surface area is 92.1 Å². The molecule has 0 amide bonds. The van der Waals surface area contributed by atoms with Gasteiger partial charge in [0, 0.05) is 31.6 Å². The third kappa shape index (κ3) is 4.49. The number of nitrogens with one attached hydrogen (secondary N) is 1. The molecule has 0 atom stereocenters. The Kier molecular flexibility index (Phi) is 6.12. The second-order valence-corrected chi connectivity index (χ2v) is 3.86. The zero-order valence-electron chi connectivity index (χ0n) is 9.58. The first-order valence-corrected chi connectivity index (χ1v) is 5.78. The molecular weight excluding hydrogens is 188 g/mol. The highest BCUT2D eigenvalue weighted by Crippen LogP contribution is 2.06. The number of aliphatic hydroxyl groups is 1. The molecule has 0 saturated carbocycles. The minimum absolute atomic E-state index is 0.328. The van der Waals surface area contributed by atoms with Crippen molar-refractivity contribution in [3.63, 3.8) is 0 Å². The van der Waals surface area contributed by atoms with Crippen molar-refractivity contribution in [3.8, 4) is 0 Å². The molecule has 0 aromatic carbocycles. The molecule has 0 spiro atoms. The van der Waals surface area contributed by atoms with Crippen molar-refractivity contribution >= 4 is 0 Å². The summed E-state index contributed by atoms with van der Waals surface area (Å²) in [4.78, 5) is 0. The number of unbranched alkanes of at least 4 members (excludes halogenated alkanes) is 3. The first kappa shape index (κ1) is 12.3. The first-order chi connectivity index (χ1) is 7.38. The smallest absolute Gasteiger partial charge is 0.0431 e. The van der Waals surface area contributed by atoms with E-state index in [1.165, 1.54) is 18.5 Å². The Morgan fingerprint density at radius 2 is 2.07 bits per heavy atom. The highest BCUT2D eigenvalue weighted by molar-refractivity contribution is 5.06.